The standard InChI is InChI=1S/C19H19FN2O2/c20-17-5-3-14(4-6-17)18(23)7-8-19(24)22-10-13-1-2-15-11-21-12-16(15)9-13/h1-6,9,21H,7-8,10-12H2,(H,22,24). The third-order valence-corrected chi connectivity index (χ3v) is 4.14. The van der Waals surface area contributed by atoms with E-state index in [9.17, 15) is 14.0 Å². The van der Waals surface area contributed by atoms with Crippen LogP contribution in [0.25, 0.3) is 0 Å². The molecule has 5 heteroatoms. The molecule has 4 nitrogen and oxygen atoms in total. The summed E-state index contributed by atoms with van der Waals surface area (Å²) >= 11 is 0. The summed E-state index contributed by atoms with van der Waals surface area (Å²) in [4.78, 5) is 23.9. The van der Waals surface area contributed by atoms with Crippen LogP contribution >= 0.6 is 0 Å². The second kappa shape index (κ2) is 7.36. The zero-order valence-electron chi connectivity index (χ0n) is 13.3. The Morgan fingerprint density at radius 3 is 2.54 bits per heavy atom. The number of halogens is 1. The number of fused-ring (bicyclic) bond motifs is 1. The number of rotatable bonds is 6. The van der Waals surface area contributed by atoms with Crippen molar-refractivity contribution in [1.82, 2.24) is 10.6 Å². The molecule has 0 radical (unpaired) electrons. The van der Waals surface area contributed by atoms with E-state index in [0.29, 0.717) is 12.1 Å². The molecule has 0 aliphatic carbocycles. The van der Waals surface area contributed by atoms with E-state index in [1.807, 2.05) is 6.07 Å². The van der Waals surface area contributed by atoms with Crippen molar-refractivity contribution in [2.45, 2.75) is 32.5 Å². The molecule has 0 bridgehead atoms. The van der Waals surface area contributed by atoms with Gasteiger partial charge in [-0.15, -0.1) is 0 Å². The van der Waals surface area contributed by atoms with Gasteiger partial charge in [-0.3, -0.25) is 9.59 Å². The lowest BCUT2D eigenvalue weighted by Gasteiger charge is -2.07. The minimum atomic E-state index is -0.381. The van der Waals surface area contributed by atoms with Crippen LogP contribution in [0.4, 0.5) is 4.39 Å². The van der Waals surface area contributed by atoms with Crippen LogP contribution in [0.3, 0.4) is 0 Å². The van der Waals surface area contributed by atoms with Gasteiger partial charge in [-0.05, 0) is 41.0 Å². The topological polar surface area (TPSA) is 58.2 Å². The number of nitrogens with one attached hydrogen (secondary N) is 2. The van der Waals surface area contributed by atoms with Crippen LogP contribution in [0, 0.1) is 5.82 Å². The van der Waals surface area contributed by atoms with E-state index in [1.165, 1.54) is 35.4 Å². The number of carbonyl (C=O) groups excluding carboxylic acids is 2. The molecule has 124 valence electrons. The normalized spacial score (nSPS) is 12.7. The van der Waals surface area contributed by atoms with Crippen LogP contribution in [0.5, 0.6) is 0 Å². The van der Waals surface area contributed by atoms with Gasteiger partial charge in [-0.2, -0.15) is 0 Å². The van der Waals surface area contributed by atoms with Gasteiger partial charge in [-0.1, -0.05) is 18.2 Å². The second-order valence-electron chi connectivity index (χ2n) is 5.91. The third-order valence-electron chi connectivity index (χ3n) is 4.14. The van der Waals surface area contributed by atoms with Gasteiger partial charge in [0, 0.05) is 38.0 Å². The third kappa shape index (κ3) is 4.06. The Morgan fingerprint density at radius 2 is 1.75 bits per heavy atom. The highest BCUT2D eigenvalue weighted by Gasteiger charge is 2.12. The van der Waals surface area contributed by atoms with E-state index in [0.717, 1.165) is 18.7 Å². The van der Waals surface area contributed by atoms with E-state index >= 15 is 0 Å². The highest BCUT2D eigenvalue weighted by atomic mass is 19.1. The number of amides is 1. The number of ketones is 1. The maximum Gasteiger partial charge on any atom is 0.220 e. The molecule has 0 spiro atoms. The number of carbonyl (C=O) groups is 2. The lowest BCUT2D eigenvalue weighted by Crippen LogP contribution is -2.23. The van der Waals surface area contributed by atoms with Crippen LogP contribution in [0.15, 0.2) is 42.5 Å². The zero-order valence-corrected chi connectivity index (χ0v) is 13.3. The van der Waals surface area contributed by atoms with Gasteiger partial charge < -0.3 is 10.6 Å². The first-order chi connectivity index (χ1) is 11.6. The molecule has 3 rings (SSSR count). The van der Waals surface area contributed by atoms with E-state index in [2.05, 4.69) is 22.8 Å². The molecule has 0 fully saturated rings. The fraction of sp³-hybridized carbons (Fsp3) is 0.263. The molecule has 2 N–H and O–H groups in total. The summed E-state index contributed by atoms with van der Waals surface area (Å²) in [5, 5.41) is 6.12. The summed E-state index contributed by atoms with van der Waals surface area (Å²) in [5.41, 5.74) is 4.05. The number of benzene rings is 2. The summed E-state index contributed by atoms with van der Waals surface area (Å²) in [6, 6.07) is 11.6. The molecule has 0 atom stereocenters. The van der Waals surface area contributed by atoms with Gasteiger partial charge in [0.25, 0.3) is 0 Å². The van der Waals surface area contributed by atoms with Crippen LogP contribution in [-0.4, -0.2) is 11.7 Å². The van der Waals surface area contributed by atoms with Crippen molar-refractivity contribution in [2.75, 3.05) is 0 Å². The highest BCUT2D eigenvalue weighted by molar-refractivity contribution is 5.97. The Bertz CT molecular complexity index is 756. The average molecular weight is 326 g/mol. The van der Waals surface area contributed by atoms with Gasteiger partial charge >= 0.3 is 0 Å². The molecular weight excluding hydrogens is 307 g/mol. The molecule has 2 aromatic carbocycles. The van der Waals surface area contributed by atoms with Crippen molar-refractivity contribution in [3.05, 3.63) is 70.5 Å². The van der Waals surface area contributed by atoms with Gasteiger partial charge in [0.2, 0.25) is 5.91 Å². The first-order valence-corrected chi connectivity index (χ1v) is 7.99. The summed E-state index contributed by atoms with van der Waals surface area (Å²) in [6.45, 7) is 2.22. The van der Waals surface area contributed by atoms with Crippen LogP contribution < -0.4 is 10.6 Å². The number of hydrogen-bond donors (Lipinski definition) is 2. The first-order valence-electron chi connectivity index (χ1n) is 7.99. The summed E-state index contributed by atoms with van der Waals surface area (Å²) in [6.07, 6.45) is 0.244. The van der Waals surface area contributed by atoms with Crippen molar-refractivity contribution < 1.29 is 14.0 Å². The lowest BCUT2D eigenvalue weighted by molar-refractivity contribution is -0.121. The Hall–Kier alpha value is -2.53. The van der Waals surface area contributed by atoms with Crippen LogP contribution in [-0.2, 0) is 24.4 Å². The Morgan fingerprint density at radius 1 is 1.00 bits per heavy atom. The smallest absolute Gasteiger partial charge is 0.220 e. The van der Waals surface area contributed by atoms with Gasteiger partial charge in [-0.25, -0.2) is 4.39 Å². The molecule has 1 aliphatic rings. The molecule has 0 aromatic heterocycles. The molecule has 1 heterocycles. The quantitative estimate of drug-likeness (QED) is 0.803. The van der Waals surface area contributed by atoms with E-state index in [1.54, 1.807) is 0 Å². The van der Waals surface area contributed by atoms with Crippen LogP contribution in [0.2, 0.25) is 0 Å². The minimum absolute atomic E-state index is 0.117. The van der Waals surface area contributed by atoms with Gasteiger partial charge in [0.05, 0.1) is 0 Å². The van der Waals surface area contributed by atoms with E-state index in [4.69, 9.17) is 0 Å². The average Bonchev–Trinajstić information content (AvgIpc) is 3.06. The lowest BCUT2D eigenvalue weighted by atomic mass is 10.1. The molecular formula is C19H19FN2O2. The summed E-state index contributed by atoms with van der Waals surface area (Å²) < 4.78 is 12.8. The van der Waals surface area contributed by atoms with Gasteiger partial charge in [0.15, 0.2) is 5.78 Å². The molecule has 1 aliphatic heterocycles. The van der Waals surface area contributed by atoms with Crippen molar-refractivity contribution in [3.8, 4) is 0 Å². The maximum atomic E-state index is 12.8. The summed E-state index contributed by atoms with van der Waals surface area (Å²) in [5.74, 6) is -0.702. The van der Waals surface area contributed by atoms with E-state index < -0.39 is 0 Å². The predicted octanol–water partition coefficient (Wildman–Crippen LogP) is 2.71. The molecule has 0 unspecified atom stereocenters. The second-order valence-corrected chi connectivity index (χ2v) is 5.91. The Labute approximate surface area is 140 Å². The van der Waals surface area contributed by atoms with E-state index in [-0.39, 0.29) is 30.3 Å². The SMILES string of the molecule is O=C(CCC(=O)c1ccc(F)cc1)NCc1ccc2c(c1)CNC2. The van der Waals surface area contributed by atoms with Crippen molar-refractivity contribution in [2.24, 2.45) is 0 Å². The minimum Gasteiger partial charge on any atom is -0.352 e. The molecule has 2 aromatic rings. The summed E-state index contributed by atoms with van der Waals surface area (Å²) in [7, 11) is 0. The zero-order chi connectivity index (χ0) is 16.9. The Balaban J connectivity index is 1.46. The van der Waals surface area contributed by atoms with Crippen LogP contribution in [0.1, 0.15) is 39.9 Å². The number of Topliss-reactive ketones (excluding diaryl/α,β-unsaturated/α-hetero) is 1. The van der Waals surface area contributed by atoms with Crippen molar-refractivity contribution >= 4 is 11.7 Å². The molecule has 1 amide bonds. The molecule has 0 saturated carbocycles. The number of hydrogen-bond acceptors (Lipinski definition) is 3. The Kier molecular flexibility index (Phi) is 5.01. The highest BCUT2D eigenvalue weighted by Crippen LogP contribution is 2.17. The molecule has 0 saturated heterocycles. The fourth-order valence-electron chi connectivity index (χ4n) is 2.75. The fourth-order valence-corrected chi connectivity index (χ4v) is 2.75. The monoisotopic (exact) mass is 326 g/mol. The maximum absolute atomic E-state index is 12.8. The van der Waals surface area contributed by atoms with Crippen molar-refractivity contribution in [1.29, 1.82) is 0 Å². The largest absolute Gasteiger partial charge is 0.352 e. The predicted molar refractivity (Wildman–Crippen MR) is 88.8 cm³/mol. The van der Waals surface area contributed by atoms with Crippen molar-refractivity contribution in [3.63, 3.8) is 0 Å². The van der Waals surface area contributed by atoms with Gasteiger partial charge in [0.1, 0.15) is 5.82 Å². The first kappa shape index (κ1) is 16.3. The molecule has 24 heavy (non-hydrogen) atoms.